The van der Waals surface area contributed by atoms with Crippen molar-refractivity contribution in [1.29, 1.82) is 5.26 Å². The molecule has 1 aliphatic heterocycles. The van der Waals surface area contributed by atoms with Crippen LogP contribution < -0.4 is 4.74 Å². The number of carbonyl (C=O) groups is 1. The zero-order valence-electron chi connectivity index (χ0n) is 22.8. The molecule has 0 spiro atoms. The number of pyridine rings is 1. The molecule has 1 radical (unpaired) electrons. The Morgan fingerprint density at radius 2 is 1.95 bits per heavy atom. The molecule has 0 unspecified atom stereocenters. The predicted octanol–water partition coefficient (Wildman–Crippen LogP) is 5.41. The molecule has 5 rings (SSSR count). The summed E-state index contributed by atoms with van der Waals surface area (Å²) in [6.45, 7) is 9.24. The van der Waals surface area contributed by atoms with Crippen LogP contribution in [0, 0.1) is 24.1 Å². The van der Waals surface area contributed by atoms with E-state index in [-0.39, 0.29) is 34.9 Å². The minimum atomic E-state index is -0.464. The molecule has 3 heterocycles. The number of hydrogen-bond donors (Lipinski definition) is 0. The van der Waals surface area contributed by atoms with Crippen molar-refractivity contribution < 1.29 is 35.4 Å². The third-order valence-corrected chi connectivity index (χ3v) is 7.24. The third kappa shape index (κ3) is 6.93. The molecule has 2 aromatic heterocycles. The number of likely N-dealkylation sites (tertiary alicyclic amines) is 1. The van der Waals surface area contributed by atoms with Gasteiger partial charge in [0.05, 0.1) is 41.4 Å². The maximum Gasteiger partial charge on any atom is 0.338 e. The van der Waals surface area contributed by atoms with Gasteiger partial charge in [0.2, 0.25) is 5.88 Å². The van der Waals surface area contributed by atoms with E-state index in [4.69, 9.17) is 24.7 Å². The van der Waals surface area contributed by atoms with Crippen LogP contribution in [0.5, 0.6) is 5.88 Å². The first kappa shape index (κ1) is 30.2. The second-order valence-electron chi connectivity index (χ2n) is 9.76. The number of carbonyl (C=O) groups excluding carboxylic acids is 1. The fourth-order valence-electron chi connectivity index (χ4n) is 5.10. The van der Waals surface area contributed by atoms with Gasteiger partial charge in [-0.25, -0.2) is 19.2 Å². The van der Waals surface area contributed by atoms with Crippen molar-refractivity contribution in [2.75, 3.05) is 19.7 Å². The van der Waals surface area contributed by atoms with E-state index in [2.05, 4.69) is 16.4 Å². The summed E-state index contributed by atoms with van der Waals surface area (Å²) < 4.78 is 27.2. The van der Waals surface area contributed by atoms with Gasteiger partial charge in [-0.1, -0.05) is 12.1 Å². The molecule has 10 heteroatoms. The number of imidazole rings is 1. The predicted molar refractivity (Wildman–Crippen MR) is 148 cm³/mol. The van der Waals surface area contributed by atoms with Gasteiger partial charge in [-0.2, -0.15) is 5.26 Å². The smallest absolute Gasteiger partial charge is 0.338 e. The van der Waals surface area contributed by atoms with Crippen molar-refractivity contribution >= 4 is 17.0 Å². The molecule has 1 saturated heterocycles. The monoisotopic (exact) mass is 599 g/mol. The molecule has 1 aliphatic rings. The van der Waals surface area contributed by atoms with E-state index < -0.39 is 5.82 Å². The zero-order chi connectivity index (χ0) is 28.1. The number of hydrogen-bond acceptors (Lipinski definition) is 7. The number of ether oxygens (including phenoxy) is 2. The van der Waals surface area contributed by atoms with Crippen molar-refractivity contribution in [3.05, 3.63) is 95.5 Å². The van der Waals surface area contributed by atoms with Gasteiger partial charge < -0.3 is 21.0 Å². The molecule has 0 atom stereocenters. The first-order chi connectivity index (χ1) is 19.5. The van der Waals surface area contributed by atoms with Gasteiger partial charge in [-0.15, -0.1) is 6.54 Å². The summed E-state index contributed by atoms with van der Waals surface area (Å²) in [6.07, 6.45) is 1.89. The van der Waals surface area contributed by atoms with Crippen LogP contribution in [0.4, 0.5) is 4.39 Å². The molecule has 8 nitrogen and oxygen atoms in total. The van der Waals surface area contributed by atoms with Crippen LogP contribution in [0.3, 0.4) is 0 Å². The average molecular weight is 600 g/mol. The van der Waals surface area contributed by atoms with Gasteiger partial charge in [0.1, 0.15) is 18.2 Å². The Hall–Kier alpha value is -3.78. The minimum absolute atomic E-state index is 0. The van der Waals surface area contributed by atoms with Gasteiger partial charge in [-0.3, -0.25) is 4.90 Å². The number of halogens is 1. The molecule has 0 saturated carbocycles. The maximum atomic E-state index is 14.2. The van der Waals surface area contributed by atoms with Crippen LogP contribution in [0.2, 0.25) is 0 Å². The van der Waals surface area contributed by atoms with Gasteiger partial charge in [0.25, 0.3) is 0 Å². The van der Waals surface area contributed by atoms with Crippen LogP contribution in [0.1, 0.15) is 58.7 Å². The van der Waals surface area contributed by atoms with Crippen LogP contribution in [0.25, 0.3) is 11.0 Å². The summed E-state index contributed by atoms with van der Waals surface area (Å²) in [5.41, 5.74) is 3.85. The summed E-state index contributed by atoms with van der Waals surface area (Å²) >= 11 is 0. The van der Waals surface area contributed by atoms with Gasteiger partial charge in [0.15, 0.2) is 0 Å². The van der Waals surface area contributed by atoms with E-state index in [0.29, 0.717) is 42.6 Å². The molecule has 0 aliphatic carbocycles. The molecule has 4 aromatic rings. The number of nitrogens with zero attached hydrogens (tertiary/aromatic N) is 5. The molecule has 41 heavy (non-hydrogen) atoms. The van der Waals surface area contributed by atoms with E-state index in [1.807, 2.05) is 30.3 Å². The quantitative estimate of drug-likeness (QED) is 0.188. The van der Waals surface area contributed by atoms with Crippen LogP contribution in [-0.4, -0.2) is 45.1 Å². The number of rotatable bonds is 9. The normalized spacial score (nSPS) is 13.9. The Labute approximate surface area is 249 Å². The number of aromatic nitrogens is 3. The van der Waals surface area contributed by atoms with E-state index >= 15 is 0 Å². The summed E-state index contributed by atoms with van der Waals surface area (Å²) in [5, 5.41) is 8.92. The van der Waals surface area contributed by atoms with Crippen LogP contribution >= 0.6 is 0 Å². The van der Waals surface area contributed by atoms with Gasteiger partial charge in [0, 0.05) is 40.0 Å². The van der Waals surface area contributed by atoms with Crippen LogP contribution in [0.15, 0.2) is 54.6 Å². The zero-order valence-corrected chi connectivity index (χ0v) is 23.9. The van der Waals surface area contributed by atoms with Gasteiger partial charge >= 0.3 is 5.97 Å². The van der Waals surface area contributed by atoms with E-state index in [1.165, 1.54) is 6.07 Å². The van der Waals surface area contributed by atoms with Crippen molar-refractivity contribution in [2.45, 2.75) is 45.4 Å². The Morgan fingerprint density at radius 3 is 2.66 bits per heavy atom. The average Bonchev–Trinajstić information content (AvgIpc) is 3.33. The van der Waals surface area contributed by atoms with Crippen molar-refractivity contribution in [3.8, 4) is 11.9 Å². The second-order valence-corrected chi connectivity index (χ2v) is 9.76. The van der Waals surface area contributed by atoms with Crippen LogP contribution in [-0.2, 0) is 41.2 Å². The Bertz CT molecular complexity index is 1560. The maximum absolute atomic E-state index is 14.2. The molecular weight excluding hydrogens is 568 g/mol. The van der Waals surface area contributed by atoms with E-state index in [1.54, 1.807) is 31.2 Å². The largest absolute Gasteiger partial charge is 0.473 e. The standard InChI is InChI=1S/C31H31FN5O3.Co/c1-3-37-28-17-23(31(38)39-4-2)10-11-27(28)34-29(37)19-36-14-12-22(13-15-36)26-6-5-7-30(35-26)40-20-24-9-8-21(18-33)16-25(24)32;/h5-11,16-17,22H,1,3-4,12-15,19-20H2,2H3;/q-1;. The minimum Gasteiger partial charge on any atom is -0.473 e. The van der Waals surface area contributed by atoms with E-state index in [9.17, 15) is 9.18 Å². The molecule has 0 N–H and O–H groups in total. The summed E-state index contributed by atoms with van der Waals surface area (Å²) in [6, 6.07) is 17.4. The number of fused-ring (bicyclic) bond motifs is 1. The second kappa shape index (κ2) is 13.7. The van der Waals surface area contributed by atoms with E-state index in [0.717, 1.165) is 48.5 Å². The Kier molecular flexibility index (Phi) is 10.1. The summed E-state index contributed by atoms with van der Waals surface area (Å²) in [5.74, 6) is 0.872. The summed E-state index contributed by atoms with van der Waals surface area (Å²) in [7, 11) is 0. The topological polar surface area (TPSA) is 93.3 Å². The number of esters is 1. The third-order valence-electron chi connectivity index (χ3n) is 7.24. The molecule has 2 aromatic carbocycles. The first-order valence-electron chi connectivity index (χ1n) is 13.4. The number of benzene rings is 2. The molecule has 0 bridgehead atoms. The molecular formula is C31H31CoFN5O3-. The molecule has 0 amide bonds. The van der Waals surface area contributed by atoms with Crippen molar-refractivity contribution in [3.63, 3.8) is 0 Å². The first-order valence-corrected chi connectivity index (χ1v) is 13.4. The molecule has 215 valence electrons. The summed E-state index contributed by atoms with van der Waals surface area (Å²) in [4.78, 5) is 24.1. The fourth-order valence-corrected chi connectivity index (χ4v) is 5.10. The van der Waals surface area contributed by atoms with Gasteiger partial charge in [-0.05, 0) is 69.3 Å². The SMILES string of the molecule is [CH2-]Cn1c(CN2CCC(c3cccc(OCc4ccc(C#N)cc4F)n3)CC2)nc2ccc(C(=O)OCC)cc21.[Co]. The molecule has 1 fully saturated rings. The Balaban J connectivity index is 0.00000387. The number of piperidine rings is 1. The van der Waals surface area contributed by atoms with Crippen molar-refractivity contribution in [2.24, 2.45) is 0 Å². The Morgan fingerprint density at radius 1 is 1.15 bits per heavy atom. The fraction of sp³-hybridized carbons (Fsp3) is 0.323. The van der Waals surface area contributed by atoms with Crippen molar-refractivity contribution in [1.82, 2.24) is 19.4 Å². The number of nitriles is 1.